The highest BCUT2D eigenvalue weighted by Gasteiger charge is 2.32. The smallest absolute Gasteiger partial charge is 0.0701 e. The molecule has 0 radical (unpaired) electrons. The van der Waals surface area contributed by atoms with Gasteiger partial charge < -0.3 is 5.32 Å². The Hall–Kier alpha value is 0.140. The maximum Gasteiger partial charge on any atom is 0.0701 e. The number of nitrogens with one attached hydrogen (secondary N) is 1. The summed E-state index contributed by atoms with van der Waals surface area (Å²) >= 11 is 5.44. The second-order valence-electron chi connectivity index (χ2n) is 3.98. The third-order valence-electron chi connectivity index (χ3n) is 2.86. The zero-order valence-corrected chi connectivity index (χ0v) is 10.8. The summed E-state index contributed by atoms with van der Waals surface area (Å²) in [6.45, 7) is 1.14. The average molecular weight is 274 g/mol. The molecule has 1 atom stereocenters. The minimum absolute atomic E-state index is 0.804. The number of hydrogen-bond acceptors (Lipinski definition) is 2. The van der Waals surface area contributed by atoms with E-state index in [2.05, 4.69) is 33.4 Å². The quantitative estimate of drug-likeness (QED) is 0.864. The van der Waals surface area contributed by atoms with Gasteiger partial charge in [-0.25, -0.2) is 0 Å². The van der Waals surface area contributed by atoms with Gasteiger partial charge in [0.25, 0.3) is 0 Å². The van der Waals surface area contributed by atoms with Crippen molar-refractivity contribution in [2.45, 2.75) is 25.2 Å². The topological polar surface area (TPSA) is 12.0 Å². The van der Waals surface area contributed by atoms with Crippen molar-refractivity contribution < 1.29 is 0 Å². The Morgan fingerprint density at radius 2 is 2.36 bits per heavy atom. The van der Waals surface area contributed by atoms with Gasteiger partial charge in [-0.15, -0.1) is 11.3 Å². The Morgan fingerprint density at radius 1 is 1.57 bits per heavy atom. The predicted octanol–water partition coefficient (Wildman–Crippen LogP) is 3.61. The lowest BCUT2D eigenvalue weighted by Crippen LogP contribution is -2.12. The van der Waals surface area contributed by atoms with Crippen molar-refractivity contribution in [1.29, 1.82) is 0 Å². The van der Waals surface area contributed by atoms with Crippen LogP contribution < -0.4 is 5.32 Å². The molecule has 0 amide bonds. The van der Waals surface area contributed by atoms with Crippen LogP contribution in [0.4, 0.5) is 0 Å². The van der Waals surface area contributed by atoms with Gasteiger partial charge in [-0.2, -0.15) is 0 Å². The number of thiophene rings is 1. The van der Waals surface area contributed by atoms with Crippen molar-refractivity contribution >= 4 is 27.3 Å². The van der Waals surface area contributed by atoms with Gasteiger partial charge in [-0.1, -0.05) is 0 Å². The lowest BCUT2D eigenvalue weighted by molar-refractivity contribution is 0.548. The van der Waals surface area contributed by atoms with Gasteiger partial charge in [-0.05, 0) is 72.8 Å². The van der Waals surface area contributed by atoms with Crippen LogP contribution in [-0.2, 0) is 0 Å². The molecule has 0 aromatic carbocycles. The number of halogens is 1. The third-order valence-corrected chi connectivity index (χ3v) is 4.61. The van der Waals surface area contributed by atoms with E-state index in [1.807, 2.05) is 18.4 Å². The van der Waals surface area contributed by atoms with Crippen LogP contribution in [0.15, 0.2) is 15.9 Å². The molecule has 1 N–H and O–H groups in total. The Kier molecular flexibility index (Phi) is 3.63. The summed E-state index contributed by atoms with van der Waals surface area (Å²) in [5.41, 5.74) is 0. The first-order chi connectivity index (χ1) is 6.81. The Morgan fingerprint density at radius 3 is 2.86 bits per heavy atom. The molecule has 0 spiro atoms. The molecule has 78 valence electrons. The largest absolute Gasteiger partial charge is 0.320 e. The van der Waals surface area contributed by atoms with Crippen molar-refractivity contribution in [2.75, 3.05) is 13.6 Å². The van der Waals surface area contributed by atoms with E-state index in [4.69, 9.17) is 0 Å². The monoisotopic (exact) mass is 273 g/mol. The lowest BCUT2D eigenvalue weighted by Gasteiger charge is -2.13. The Balaban J connectivity index is 2.02. The molecular weight excluding hydrogens is 258 g/mol. The maximum absolute atomic E-state index is 3.54. The highest BCUT2D eigenvalue weighted by Crippen LogP contribution is 2.46. The molecule has 14 heavy (non-hydrogen) atoms. The molecule has 3 heteroatoms. The van der Waals surface area contributed by atoms with Crippen LogP contribution in [0.1, 0.15) is 30.1 Å². The molecule has 1 nitrogen and oxygen atoms in total. The average Bonchev–Trinajstić information content (AvgIpc) is 2.91. The molecule has 0 aliphatic heterocycles. The van der Waals surface area contributed by atoms with Crippen LogP contribution in [0, 0.1) is 5.92 Å². The normalized spacial score (nSPS) is 18.4. The SMILES string of the molecule is CNCCC(c1ccc(Br)s1)C1CC1. The van der Waals surface area contributed by atoms with E-state index in [-0.39, 0.29) is 0 Å². The van der Waals surface area contributed by atoms with Crippen LogP contribution in [0.25, 0.3) is 0 Å². The van der Waals surface area contributed by atoms with E-state index < -0.39 is 0 Å². The van der Waals surface area contributed by atoms with E-state index in [0.29, 0.717) is 0 Å². The molecule has 1 aromatic heterocycles. The van der Waals surface area contributed by atoms with Gasteiger partial charge in [0, 0.05) is 4.88 Å². The molecule has 1 aliphatic rings. The first kappa shape index (κ1) is 10.7. The summed E-state index contributed by atoms with van der Waals surface area (Å²) in [7, 11) is 2.04. The lowest BCUT2D eigenvalue weighted by atomic mass is 9.98. The van der Waals surface area contributed by atoms with Gasteiger partial charge in [0.2, 0.25) is 0 Å². The predicted molar refractivity (Wildman–Crippen MR) is 66.0 cm³/mol. The molecule has 1 aliphatic carbocycles. The molecule has 1 aromatic rings. The van der Waals surface area contributed by atoms with E-state index in [0.717, 1.165) is 18.4 Å². The van der Waals surface area contributed by atoms with Gasteiger partial charge >= 0.3 is 0 Å². The molecule has 1 heterocycles. The molecule has 0 saturated heterocycles. The Bertz CT molecular complexity index is 293. The molecule has 1 unspecified atom stereocenters. The van der Waals surface area contributed by atoms with Gasteiger partial charge in [0.15, 0.2) is 0 Å². The van der Waals surface area contributed by atoms with Crippen LogP contribution in [0.3, 0.4) is 0 Å². The number of hydrogen-bond donors (Lipinski definition) is 1. The molecule has 1 saturated carbocycles. The van der Waals surface area contributed by atoms with Crippen molar-refractivity contribution in [3.8, 4) is 0 Å². The van der Waals surface area contributed by atoms with Crippen LogP contribution >= 0.6 is 27.3 Å². The summed E-state index contributed by atoms with van der Waals surface area (Å²) in [6.07, 6.45) is 4.15. The third kappa shape index (κ3) is 2.59. The van der Waals surface area contributed by atoms with Crippen molar-refractivity contribution in [2.24, 2.45) is 5.92 Å². The maximum atomic E-state index is 3.54. The zero-order chi connectivity index (χ0) is 9.97. The fraction of sp³-hybridized carbons (Fsp3) is 0.636. The summed E-state index contributed by atoms with van der Waals surface area (Å²) < 4.78 is 1.27. The van der Waals surface area contributed by atoms with E-state index >= 15 is 0 Å². The summed E-state index contributed by atoms with van der Waals surface area (Å²) in [6, 6.07) is 4.46. The molecule has 0 bridgehead atoms. The van der Waals surface area contributed by atoms with E-state index in [1.165, 1.54) is 23.0 Å². The second-order valence-corrected chi connectivity index (χ2v) is 6.47. The summed E-state index contributed by atoms with van der Waals surface area (Å²) in [4.78, 5) is 1.56. The Labute approximate surface area is 98.0 Å². The van der Waals surface area contributed by atoms with Gasteiger partial charge in [0.1, 0.15) is 0 Å². The fourth-order valence-corrected chi connectivity index (χ4v) is 3.59. The number of rotatable bonds is 5. The van der Waals surface area contributed by atoms with E-state index in [1.54, 1.807) is 4.88 Å². The first-order valence-corrected chi connectivity index (χ1v) is 6.82. The van der Waals surface area contributed by atoms with Crippen molar-refractivity contribution in [3.05, 3.63) is 20.8 Å². The standard InChI is InChI=1S/C11H16BrNS/c1-13-7-6-9(8-2-3-8)10-4-5-11(12)14-10/h4-5,8-9,13H,2-3,6-7H2,1H3. The zero-order valence-electron chi connectivity index (χ0n) is 8.42. The van der Waals surface area contributed by atoms with Gasteiger partial charge in [0.05, 0.1) is 3.79 Å². The van der Waals surface area contributed by atoms with Crippen LogP contribution in [0.2, 0.25) is 0 Å². The fourth-order valence-electron chi connectivity index (χ4n) is 1.94. The summed E-state index contributed by atoms with van der Waals surface area (Å²) in [5, 5.41) is 3.25. The highest BCUT2D eigenvalue weighted by molar-refractivity contribution is 9.11. The van der Waals surface area contributed by atoms with E-state index in [9.17, 15) is 0 Å². The summed E-state index contributed by atoms with van der Waals surface area (Å²) in [5.74, 6) is 1.77. The highest BCUT2D eigenvalue weighted by atomic mass is 79.9. The van der Waals surface area contributed by atoms with Crippen molar-refractivity contribution in [1.82, 2.24) is 5.32 Å². The van der Waals surface area contributed by atoms with Gasteiger partial charge in [-0.3, -0.25) is 0 Å². The minimum Gasteiger partial charge on any atom is -0.320 e. The van der Waals surface area contributed by atoms with Crippen molar-refractivity contribution in [3.63, 3.8) is 0 Å². The molecular formula is C11H16BrNS. The van der Waals surface area contributed by atoms with Crippen LogP contribution in [-0.4, -0.2) is 13.6 Å². The second kappa shape index (κ2) is 4.77. The molecule has 2 rings (SSSR count). The minimum atomic E-state index is 0.804. The first-order valence-electron chi connectivity index (χ1n) is 5.21. The molecule has 1 fully saturated rings. The van der Waals surface area contributed by atoms with Crippen LogP contribution in [0.5, 0.6) is 0 Å².